The Balaban J connectivity index is 2.19. The van der Waals surface area contributed by atoms with E-state index >= 15 is 0 Å². The van der Waals surface area contributed by atoms with Gasteiger partial charge >= 0.3 is 0 Å². The molecule has 2 N–H and O–H groups in total. The van der Waals surface area contributed by atoms with E-state index in [1.54, 1.807) is 31.4 Å². The Morgan fingerprint density at radius 2 is 2.26 bits per heavy atom. The number of primary amides is 1. The van der Waals surface area contributed by atoms with E-state index in [1.165, 1.54) is 11.0 Å². The molecule has 2 rings (SSSR count). The number of nitrogens with two attached hydrogens (primary N) is 1. The Morgan fingerprint density at radius 3 is 2.91 bits per heavy atom. The summed E-state index contributed by atoms with van der Waals surface area (Å²) in [4.78, 5) is 25.3. The van der Waals surface area contributed by atoms with E-state index in [-0.39, 0.29) is 23.9 Å². The molecule has 1 heterocycles. The number of rotatable bonds is 4. The van der Waals surface area contributed by atoms with Crippen molar-refractivity contribution in [1.29, 1.82) is 5.26 Å². The lowest BCUT2D eigenvalue weighted by molar-refractivity contribution is -0.131. The highest BCUT2D eigenvalue weighted by molar-refractivity contribution is 6.02. The zero-order valence-electron chi connectivity index (χ0n) is 13.0. The van der Waals surface area contributed by atoms with Gasteiger partial charge in [-0.05, 0) is 36.6 Å². The Labute approximate surface area is 135 Å². The predicted molar refractivity (Wildman–Crippen MR) is 85.1 cm³/mol. The van der Waals surface area contributed by atoms with Crippen molar-refractivity contribution in [1.82, 2.24) is 4.90 Å². The lowest BCUT2D eigenvalue weighted by Crippen LogP contribution is -2.44. The number of amides is 2. The minimum absolute atomic E-state index is 0.0309. The van der Waals surface area contributed by atoms with Crippen molar-refractivity contribution in [2.75, 3.05) is 20.2 Å². The van der Waals surface area contributed by atoms with Crippen LogP contribution in [-0.2, 0) is 9.59 Å². The van der Waals surface area contributed by atoms with Crippen molar-refractivity contribution in [2.45, 2.75) is 12.8 Å². The van der Waals surface area contributed by atoms with Crippen LogP contribution in [0.5, 0.6) is 5.75 Å². The first-order valence-electron chi connectivity index (χ1n) is 7.39. The molecule has 6 heteroatoms. The summed E-state index contributed by atoms with van der Waals surface area (Å²) >= 11 is 0. The van der Waals surface area contributed by atoms with Gasteiger partial charge in [-0.2, -0.15) is 5.26 Å². The third-order valence-corrected chi connectivity index (χ3v) is 3.87. The Bertz CT molecular complexity index is 676. The van der Waals surface area contributed by atoms with Crippen molar-refractivity contribution in [3.05, 3.63) is 35.4 Å². The molecule has 120 valence electrons. The van der Waals surface area contributed by atoms with Gasteiger partial charge in [0.05, 0.1) is 13.0 Å². The number of hydrogen-bond acceptors (Lipinski definition) is 4. The topological polar surface area (TPSA) is 96.4 Å². The Kier molecular flexibility index (Phi) is 5.36. The normalized spacial score (nSPS) is 18.2. The quantitative estimate of drug-likeness (QED) is 0.670. The predicted octanol–water partition coefficient (Wildman–Crippen LogP) is 1.33. The molecule has 1 aromatic rings. The molecule has 0 radical (unpaired) electrons. The summed E-state index contributed by atoms with van der Waals surface area (Å²) in [6, 6.07) is 9.04. The van der Waals surface area contributed by atoms with Gasteiger partial charge in [-0.1, -0.05) is 12.1 Å². The summed E-state index contributed by atoms with van der Waals surface area (Å²) in [6.45, 7) is 0.797. The van der Waals surface area contributed by atoms with Crippen LogP contribution in [-0.4, -0.2) is 36.9 Å². The standard InChI is InChI=1S/C17H19N3O3/c1-23-15-6-2-4-12(9-15)8-14(10-18)17(22)20-7-3-5-13(11-20)16(19)21/h2,4,6,8-9,13H,3,5,7,11H2,1H3,(H2,19,21)/b14-8-/t13-/m0/s1. The van der Waals surface area contributed by atoms with Gasteiger partial charge in [0.15, 0.2) is 0 Å². The van der Waals surface area contributed by atoms with Gasteiger partial charge in [-0.15, -0.1) is 0 Å². The molecule has 0 spiro atoms. The van der Waals surface area contributed by atoms with E-state index in [0.29, 0.717) is 30.7 Å². The van der Waals surface area contributed by atoms with Gasteiger partial charge < -0.3 is 15.4 Å². The van der Waals surface area contributed by atoms with Gasteiger partial charge in [-0.25, -0.2) is 0 Å². The lowest BCUT2D eigenvalue weighted by Gasteiger charge is -2.31. The summed E-state index contributed by atoms with van der Waals surface area (Å²) in [5.74, 6) is -0.473. The number of benzene rings is 1. The summed E-state index contributed by atoms with van der Waals surface area (Å²) in [7, 11) is 1.55. The molecule has 1 atom stereocenters. The van der Waals surface area contributed by atoms with E-state index in [2.05, 4.69) is 0 Å². The SMILES string of the molecule is COc1cccc(/C=C(/C#N)C(=O)N2CCC[C@H](C(N)=O)C2)c1. The van der Waals surface area contributed by atoms with Gasteiger partial charge in [0.2, 0.25) is 5.91 Å². The summed E-state index contributed by atoms with van der Waals surface area (Å²) < 4.78 is 5.13. The first-order valence-corrected chi connectivity index (χ1v) is 7.39. The van der Waals surface area contributed by atoms with Crippen LogP contribution in [0.3, 0.4) is 0 Å². The average Bonchev–Trinajstić information content (AvgIpc) is 2.59. The number of likely N-dealkylation sites (tertiary alicyclic amines) is 1. The molecule has 6 nitrogen and oxygen atoms in total. The fourth-order valence-corrected chi connectivity index (χ4v) is 2.60. The fraction of sp³-hybridized carbons (Fsp3) is 0.353. The minimum atomic E-state index is -0.405. The van der Waals surface area contributed by atoms with Crippen molar-refractivity contribution < 1.29 is 14.3 Å². The van der Waals surface area contributed by atoms with Crippen molar-refractivity contribution in [2.24, 2.45) is 11.7 Å². The highest BCUT2D eigenvalue weighted by atomic mass is 16.5. The third kappa shape index (κ3) is 4.10. The smallest absolute Gasteiger partial charge is 0.264 e. The summed E-state index contributed by atoms with van der Waals surface area (Å²) in [5, 5.41) is 9.30. The number of carbonyl (C=O) groups excluding carboxylic acids is 2. The fourth-order valence-electron chi connectivity index (χ4n) is 2.60. The third-order valence-electron chi connectivity index (χ3n) is 3.87. The maximum Gasteiger partial charge on any atom is 0.264 e. The van der Waals surface area contributed by atoms with E-state index < -0.39 is 5.91 Å². The van der Waals surface area contributed by atoms with E-state index in [1.807, 2.05) is 6.07 Å². The summed E-state index contributed by atoms with van der Waals surface area (Å²) in [6.07, 6.45) is 2.91. The monoisotopic (exact) mass is 313 g/mol. The van der Waals surface area contributed by atoms with Crippen molar-refractivity contribution >= 4 is 17.9 Å². The van der Waals surface area contributed by atoms with Crippen molar-refractivity contribution in [3.8, 4) is 11.8 Å². The molecule has 0 aromatic heterocycles. The van der Waals surface area contributed by atoms with E-state index in [9.17, 15) is 14.9 Å². The number of carbonyl (C=O) groups is 2. The van der Waals surface area contributed by atoms with Crippen molar-refractivity contribution in [3.63, 3.8) is 0 Å². The van der Waals surface area contributed by atoms with Crippen LogP contribution < -0.4 is 10.5 Å². The van der Waals surface area contributed by atoms with Crippen LogP contribution in [0.2, 0.25) is 0 Å². The molecule has 0 aliphatic carbocycles. The first kappa shape index (κ1) is 16.6. The van der Waals surface area contributed by atoms with Crippen LogP contribution in [0, 0.1) is 17.2 Å². The molecule has 1 saturated heterocycles. The van der Waals surface area contributed by atoms with Crippen LogP contribution in [0.15, 0.2) is 29.8 Å². The van der Waals surface area contributed by atoms with Gasteiger partial charge in [0, 0.05) is 13.1 Å². The zero-order valence-corrected chi connectivity index (χ0v) is 13.0. The molecule has 1 aliphatic heterocycles. The van der Waals surface area contributed by atoms with Gasteiger partial charge in [-0.3, -0.25) is 9.59 Å². The average molecular weight is 313 g/mol. The lowest BCUT2D eigenvalue weighted by atomic mass is 9.97. The number of hydrogen-bond donors (Lipinski definition) is 1. The number of methoxy groups -OCH3 is 1. The van der Waals surface area contributed by atoms with Gasteiger partial charge in [0.1, 0.15) is 17.4 Å². The minimum Gasteiger partial charge on any atom is -0.497 e. The molecule has 23 heavy (non-hydrogen) atoms. The molecule has 1 aromatic carbocycles. The van der Waals surface area contributed by atoms with Crippen LogP contribution in [0.1, 0.15) is 18.4 Å². The second kappa shape index (κ2) is 7.45. The second-order valence-corrected chi connectivity index (χ2v) is 5.44. The molecule has 1 aliphatic rings. The largest absolute Gasteiger partial charge is 0.497 e. The molecule has 1 fully saturated rings. The van der Waals surface area contributed by atoms with Crippen LogP contribution in [0.25, 0.3) is 6.08 Å². The second-order valence-electron chi connectivity index (χ2n) is 5.44. The van der Waals surface area contributed by atoms with Crippen LogP contribution >= 0.6 is 0 Å². The maximum atomic E-state index is 12.5. The highest BCUT2D eigenvalue weighted by Gasteiger charge is 2.28. The summed E-state index contributed by atoms with van der Waals surface area (Å²) in [5.41, 5.74) is 6.06. The molecule has 2 amide bonds. The first-order chi connectivity index (χ1) is 11.0. The molecular formula is C17H19N3O3. The molecule has 0 unspecified atom stereocenters. The zero-order chi connectivity index (χ0) is 16.8. The number of nitrogens with zero attached hydrogens (tertiary/aromatic N) is 2. The Hall–Kier alpha value is -2.81. The van der Waals surface area contributed by atoms with Crippen LogP contribution in [0.4, 0.5) is 0 Å². The molecule has 0 saturated carbocycles. The number of nitriles is 1. The maximum absolute atomic E-state index is 12.5. The highest BCUT2D eigenvalue weighted by Crippen LogP contribution is 2.20. The van der Waals surface area contributed by atoms with Gasteiger partial charge in [0.25, 0.3) is 5.91 Å². The van der Waals surface area contributed by atoms with E-state index in [0.717, 1.165) is 0 Å². The van der Waals surface area contributed by atoms with E-state index in [4.69, 9.17) is 10.5 Å². The molecule has 0 bridgehead atoms. The number of piperidine rings is 1. The molecular weight excluding hydrogens is 294 g/mol. The Morgan fingerprint density at radius 1 is 1.48 bits per heavy atom. The number of ether oxygens (including phenoxy) is 1.